The Morgan fingerprint density at radius 2 is 2.38 bits per heavy atom. The van der Waals surface area contributed by atoms with Gasteiger partial charge in [0.25, 0.3) is 0 Å². The summed E-state index contributed by atoms with van der Waals surface area (Å²) in [5, 5.41) is 12.3. The maximum atomic E-state index is 11.9. The van der Waals surface area contributed by atoms with Crippen LogP contribution in [0.1, 0.15) is 19.8 Å². The van der Waals surface area contributed by atoms with Gasteiger partial charge >= 0.3 is 0 Å². The summed E-state index contributed by atoms with van der Waals surface area (Å²) in [6.07, 6.45) is 1.12. The summed E-state index contributed by atoms with van der Waals surface area (Å²) in [4.78, 5) is 13.6. The van der Waals surface area contributed by atoms with Crippen LogP contribution < -0.4 is 5.32 Å². The zero-order chi connectivity index (χ0) is 12.1. The molecule has 0 aromatic carbocycles. The van der Waals surface area contributed by atoms with Gasteiger partial charge in [-0.1, -0.05) is 0 Å². The summed E-state index contributed by atoms with van der Waals surface area (Å²) in [5.74, 6) is 0.0835. The number of aliphatic hydroxyl groups is 1. The van der Waals surface area contributed by atoms with Gasteiger partial charge in [0.05, 0.1) is 18.2 Å². The number of hydrogen-bond acceptors (Lipinski definition) is 4. The molecule has 1 aliphatic heterocycles. The molecule has 1 rings (SSSR count). The Kier molecular flexibility index (Phi) is 5.18. The molecule has 0 aromatic heterocycles. The maximum absolute atomic E-state index is 11.9. The van der Waals surface area contributed by atoms with Crippen LogP contribution >= 0.6 is 0 Å². The number of aliphatic hydroxyl groups excluding tert-OH is 1. The Hall–Kier alpha value is -0.650. The number of rotatable bonds is 5. The largest absolute Gasteiger partial charge is 0.393 e. The fourth-order valence-electron chi connectivity index (χ4n) is 1.83. The van der Waals surface area contributed by atoms with Crippen molar-refractivity contribution in [3.05, 3.63) is 0 Å². The van der Waals surface area contributed by atoms with Gasteiger partial charge in [0.1, 0.15) is 0 Å². The van der Waals surface area contributed by atoms with Crippen LogP contribution in [0.3, 0.4) is 0 Å². The molecule has 1 heterocycles. The van der Waals surface area contributed by atoms with Crippen LogP contribution in [0.5, 0.6) is 0 Å². The number of ether oxygens (including phenoxy) is 1. The first-order valence-electron chi connectivity index (χ1n) is 5.73. The van der Waals surface area contributed by atoms with Crippen molar-refractivity contribution < 1.29 is 14.6 Å². The topological polar surface area (TPSA) is 61.8 Å². The Labute approximate surface area is 96.8 Å². The Morgan fingerprint density at radius 1 is 1.69 bits per heavy atom. The molecular formula is C11H22N2O3. The van der Waals surface area contributed by atoms with E-state index in [4.69, 9.17) is 9.84 Å². The van der Waals surface area contributed by atoms with Crippen molar-refractivity contribution >= 4 is 5.91 Å². The van der Waals surface area contributed by atoms with Gasteiger partial charge in [-0.05, 0) is 19.8 Å². The Morgan fingerprint density at radius 3 is 2.88 bits per heavy atom. The molecule has 0 saturated carbocycles. The van der Waals surface area contributed by atoms with Crippen molar-refractivity contribution in [3.63, 3.8) is 0 Å². The molecule has 2 N–H and O–H groups in total. The lowest BCUT2D eigenvalue weighted by Crippen LogP contribution is -2.42. The molecule has 0 aromatic rings. The molecule has 1 saturated heterocycles. The third-order valence-electron chi connectivity index (χ3n) is 2.98. The minimum absolute atomic E-state index is 0.0835. The molecule has 0 radical (unpaired) electrons. The van der Waals surface area contributed by atoms with Crippen LogP contribution in [-0.4, -0.2) is 61.4 Å². The van der Waals surface area contributed by atoms with Crippen molar-refractivity contribution in [1.82, 2.24) is 10.2 Å². The predicted molar refractivity (Wildman–Crippen MR) is 61.1 cm³/mol. The summed E-state index contributed by atoms with van der Waals surface area (Å²) in [7, 11) is 3.43. The van der Waals surface area contributed by atoms with Gasteiger partial charge in [-0.3, -0.25) is 4.79 Å². The molecule has 1 amide bonds. The van der Waals surface area contributed by atoms with Crippen LogP contribution in [0.15, 0.2) is 0 Å². The van der Waals surface area contributed by atoms with Gasteiger partial charge in [-0.25, -0.2) is 0 Å². The fraction of sp³-hybridized carbons (Fsp3) is 0.909. The normalized spacial score (nSPS) is 26.8. The number of carbonyl (C=O) groups is 1. The summed E-state index contributed by atoms with van der Waals surface area (Å²) < 4.78 is 5.20. The van der Waals surface area contributed by atoms with E-state index >= 15 is 0 Å². The standard InChI is InChI=1S/C11H22N2O3/c1-8(14)4-5-13(2)11(15)10-6-9(16-3)7-12-10/h8-10,12,14H,4-7H2,1-3H3. The molecule has 0 spiro atoms. The number of carbonyl (C=O) groups excluding carboxylic acids is 1. The molecular weight excluding hydrogens is 208 g/mol. The highest BCUT2D eigenvalue weighted by molar-refractivity contribution is 5.82. The third-order valence-corrected chi connectivity index (χ3v) is 2.98. The average Bonchev–Trinajstić information content (AvgIpc) is 2.73. The minimum Gasteiger partial charge on any atom is -0.393 e. The Balaban J connectivity index is 2.33. The second-order valence-electron chi connectivity index (χ2n) is 4.45. The van der Waals surface area contributed by atoms with Crippen molar-refractivity contribution in [2.75, 3.05) is 27.2 Å². The van der Waals surface area contributed by atoms with E-state index in [1.54, 1.807) is 26.0 Å². The molecule has 94 valence electrons. The number of nitrogens with one attached hydrogen (secondary N) is 1. The predicted octanol–water partition coefficient (Wildman–Crippen LogP) is -0.407. The molecule has 1 fully saturated rings. The molecule has 5 nitrogen and oxygen atoms in total. The molecule has 16 heavy (non-hydrogen) atoms. The zero-order valence-electron chi connectivity index (χ0n) is 10.3. The highest BCUT2D eigenvalue weighted by Crippen LogP contribution is 2.11. The van der Waals surface area contributed by atoms with Crippen molar-refractivity contribution in [3.8, 4) is 0 Å². The van der Waals surface area contributed by atoms with Crippen LogP contribution in [0.4, 0.5) is 0 Å². The lowest BCUT2D eigenvalue weighted by molar-refractivity contribution is -0.132. The van der Waals surface area contributed by atoms with E-state index in [0.717, 1.165) is 13.0 Å². The molecule has 3 atom stereocenters. The monoisotopic (exact) mass is 230 g/mol. The van der Waals surface area contributed by atoms with E-state index in [-0.39, 0.29) is 24.2 Å². The molecule has 3 unspecified atom stereocenters. The van der Waals surface area contributed by atoms with E-state index in [1.807, 2.05) is 0 Å². The Bertz CT molecular complexity index is 233. The zero-order valence-corrected chi connectivity index (χ0v) is 10.3. The third kappa shape index (κ3) is 3.73. The van der Waals surface area contributed by atoms with Gasteiger partial charge in [0, 0.05) is 27.2 Å². The fourth-order valence-corrected chi connectivity index (χ4v) is 1.83. The average molecular weight is 230 g/mol. The second-order valence-corrected chi connectivity index (χ2v) is 4.45. The van der Waals surface area contributed by atoms with Gasteiger partial charge < -0.3 is 20.1 Å². The minimum atomic E-state index is -0.362. The summed E-state index contributed by atoms with van der Waals surface area (Å²) in [6.45, 7) is 3.05. The molecule has 0 bridgehead atoms. The first-order chi connectivity index (χ1) is 7.54. The lowest BCUT2D eigenvalue weighted by atomic mass is 10.1. The number of hydrogen-bond donors (Lipinski definition) is 2. The van der Waals surface area contributed by atoms with Gasteiger partial charge in [-0.15, -0.1) is 0 Å². The van der Waals surface area contributed by atoms with Crippen LogP contribution in [0.25, 0.3) is 0 Å². The van der Waals surface area contributed by atoms with E-state index in [2.05, 4.69) is 5.32 Å². The van der Waals surface area contributed by atoms with E-state index in [0.29, 0.717) is 13.0 Å². The number of methoxy groups -OCH3 is 1. The molecule has 5 heteroatoms. The first kappa shape index (κ1) is 13.4. The number of nitrogens with zero attached hydrogens (tertiary/aromatic N) is 1. The summed E-state index contributed by atoms with van der Waals surface area (Å²) in [6, 6.07) is -0.135. The lowest BCUT2D eigenvalue weighted by Gasteiger charge is -2.21. The van der Waals surface area contributed by atoms with Crippen molar-refractivity contribution in [1.29, 1.82) is 0 Å². The number of likely N-dealkylation sites (N-methyl/N-ethyl adjacent to an activating group) is 1. The smallest absolute Gasteiger partial charge is 0.239 e. The van der Waals surface area contributed by atoms with Gasteiger partial charge in [0.2, 0.25) is 5.91 Å². The van der Waals surface area contributed by atoms with Crippen LogP contribution in [0.2, 0.25) is 0 Å². The second kappa shape index (κ2) is 6.18. The SMILES string of the molecule is COC1CNC(C(=O)N(C)CCC(C)O)C1. The summed E-state index contributed by atoms with van der Waals surface area (Å²) in [5.41, 5.74) is 0. The van der Waals surface area contributed by atoms with Crippen molar-refractivity contribution in [2.45, 2.75) is 38.0 Å². The van der Waals surface area contributed by atoms with Crippen molar-refractivity contribution in [2.24, 2.45) is 0 Å². The number of amides is 1. The first-order valence-corrected chi connectivity index (χ1v) is 5.73. The van der Waals surface area contributed by atoms with Crippen LogP contribution in [-0.2, 0) is 9.53 Å². The van der Waals surface area contributed by atoms with E-state index < -0.39 is 0 Å². The molecule has 0 aliphatic carbocycles. The quantitative estimate of drug-likeness (QED) is 0.674. The molecule has 1 aliphatic rings. The van der Waals surface area contributed by atoms with Gasteiger partial charge in [-0.2, -0.15) is 0 Å². The summed E-state index contributed by atoms with van der Waals surface area (Å²) >= 11 is 0. The van der Waals surface area contributed by atoms with E-state index in [9.17, 15) is 4.79 Å². The van der Waals surface area contributed by atoms with E-state index in [1.165, 1.54) is 0 Å². The highest BCUT2D eigenvalue weighted by atomic mass is 16.5. The maximum Gasteiger partial charge on any atom is 0.239 e. The van der Waals surface area contributed by atoms with Crippen LogP contribution in [0, 0.1) is 0 Å². The highest BCUT2D eigenvalue weighted by Gasteiger charge is 2.30. The van der Waals surface area contributed by atoms with Gasteiger partial charge in [0.15, 0.2) is 0 Å².